The molecule has 2 aliphatic rings. The number of hydrogen-bond donors (Lipinski definition) is 0. The molecule has 132 valence electrons. The SMILES string of the molecule is CC(=O)OCC1=C(C(=O)c2ccccc2)N2C(=O)[C@H](Cl)[C@@H]2S(=O)(=O)C1. The van der Waals surface area contributed by atoms with E-state index in [4.69, 9.17) is 16.3 Å². The first kappa shape index (κ1) is 17.6. The van der Waals surface area contributed by atoms with Gasteiger partial charge in [-0.05, 0) is 0 Å². The molecule has 7 nitrogen and oxygen atoms in total. The number of allylic oxidation sites excluding steroid dienone is 1. The number of carbonyl (C=O) groups excluding carboxylic acids is 3. The standard InChI is InChI=1S/C16H14ClNO6S/c1-9(19)24-7-11-8-25(22,23)16-12(17)15(21)18(16)13(11)14(20)10-5-3-2-4-6-10/h2-6,12,16H,7-8H2,1H3/t12-,16-/m0/s1. The van der Waals surface area contributed by atoms with Crippen molar-refractivity contribution in [1.82, 2.24) is 4.90 Å². The van der Waals surface area contributed by atoms with Crippen LogP contribution in [-0.2, 0) is 24.2 Å². The maximum atomic E-state index is 12.9. The number of hydrogen-bond acceptors (Lipinski definition) is 6. The van der Waals surface area contributed by atoms with Crippen molar-refractivity contribution in [2.75, 3.05) is 12.4 Å². The Morgan fingerprint density at radius 2 is 1.92 bits per heavy atom. The molecule has 1 saturated heterocycles. The third kappa shape index (κ3) is 2.96. The number of alkyl halides is 1. The molecule has 2 atom stereocenters. The minimum Gasteiger partial charge on any atom is -0.461 e. The van der Waals surface area contributed by atoms with Gasteiger partial charge in [0.1, 0.15) is 12.0 Å². The lowest BCUT2D eigenvalue weighted by Gasteiger charge is -2.47. The lowest BCUT2D eigenvalue weighted by molar-refractivity contribution is -0.140. The molecule has 2 aliphatic heterocycles. The summed E-state index contributed by atoms with van der Waals surface area (Å²) in [6.45, 7) is 0.787. The molecule has 0 aliphatic carbocycles. The molecule has 1 fully saturated rings. The second-order valence-electron chi connectivity index (χ2n) is 5.74. The lowest BCUT2D eigenvalue weighted by Crippen LogP contribution is -2.68. The van der Waals surface area contributed by atoms with E-state index in [0.717, 1.165) is 4.90 Å². The Labute approximate surface area is 149 Å². The Hall–Kier alpha value is -2.19. The summed E-state index contributed by atoms with van der Waals surface area (Å²) < 4.78 is 29.7. The van der Waals surface area contributed by atoms with Crippen molar-refractivity contribution < 1.29 is 27.5 Å². The van der Waals surface area contributed by atoms with Crippen LogP contribution in [0.15, 0.2) is 41.6 Å². The molecular formula is C16H14ClNO6S. The third-order valence-electron chi connectivity index (χ3n) is 4.00. The predicted molar refractivity (Wildman–Crippen MR) is 88.5 cm³/mol. The number of carbonyl (C=O) groups is 3. The van der Waals surface area contributed by atoms with Crippen molar-refractivity contribution in [3.05, 3.63) is 47.2 Å². The van der Waals surface area contributed by atoms with E-state index >= 15 is 0 Å². The number of β-lactam (4-membered cyclic amide) rings is 1. The molecule has 0 spiro atoms. The third-order valence-corrected chi connectivity index (χ3v) is 6.54. The van der Waals surface area contributed by atoms with Gasteiger partial charge in [0.05, 0.1) is 11.4 Å². The Balaban J connectivity index is 2.11. The Morgan fingerprint density at radius 1 is 1.28 bits per heavy atom. The fourth-order valence-corrected chi connectivity index (χ4v) is 5.45. The highest BCUT2D eigenvalue weighted by Gasteiger charge is 2.59. The van der Waals surface area contributed by atoms with E-state index in [2.05, 4.69) is 0 Å². The van der Waals surface area contributed by atoms with E-state index in [1.807, 2.05) is 0 Å². The number of nitrogens with zero attached hydrogens (tertiary/aromatic N) is 1. The van der Waals surface area contributed by atoms with Crippen LogP contribution in [0.1, 0.15) is 17.3 Å². The van der Waals surface area contributed by atoms with Crippen LogP contribution in [0.5, 0.6) is 0 Å². The summed E-state index contributed by atoms with van der Waals surface area (Å²) in [7, 11) is -3.78. The highest BCUT2D eigenvalue weighted by Crippen LogP contribution is 2.40. The topological polar surface area (TPSA) is 97.8 Å². The fourth-order valence-electron chi connectivity index (χ4n) is 2.87. The van der Waals surface area contributed by atoms with Crippen LogP contribution in [0.2, 0.25) is 0 Å². The first-order chi connectivity index (χ1) is 11.7. The van der Waals surface area contributed by atoms with Crippen molar-refractivity contribution in [2.24, 2.45) is 0 Å². The normalized spacial score (nSPS) is 24.4. The molecule has 0 unspecified atom stereocenters. The van der Waals surface area contributed by atoms with E-state index in [9.17, 15) is 22.8 Å². The number of benzene rings is 1. The minimum atomic E-state index is -3.78. The zero-order chi connectivity index (χ0) is 18.4. The van der Waals surface area contributed by atoms with E-state index in [1.54, 1.807) is 30.3 Å². The van der Waals surface area contributed by atoms with Gasteiger partial charge in [-0.2, -0.15) is 0 Å². The van der Waals surface area contributed by atoms with Crippen LogP contribution >= 0.6 is 11.6 Å². The number of esters is 1. The first-order valence-electron chi connectivity index (χ1n) is 7.38. The minimum absolute atomic E-state index is 0.0669. The van der Waals surface area contributed by atoms with E-state index in [1.165, 1.54) is 6.92 Å². The van der Waals surface area contributed by atoms with Gasteiger partial charge in [-0.3, -0.25) is 19.3 Å². The van der Waals surface area contributed by atoms with Crippen LogP contribution < -0.4 is 0 Å². The van der Waals surface area contributed by atoms with Crippen molar-refractivity contribution in [3.8, 4) is 0 Å². The second kappa shape index (κ2) is 6.27. The Morgan fingerprint density at radius 3 is 2.52 bits per heavy atom. The number of sulfone groups is 1. The molecule has 25 heavy (non-hydrogen) atoms. The van der Waals surface area contributed by atoms with Crippen molar-refractivity contribution in [3.63, 3.8) is 0 Å². The molecule has 0 aromatic heterocycles. The number of Topliss-reactive ketones (excluding diaryl/α,β-unsaturated/α-hetero) is 1. The number of halogens is 1. The molecule has 0 saturated carbocycles. The second-order valence-corrected chi connectivity index (χ2v) is 8.30. The number of ketones is 1. The summed E-state index contributed by atoms with van der Waals surface area (Å²) in [5.74, 6) is -2.29. The number of rotatable bonds is 4. The maximum Gasteiger partial charge on any atom is 0.302 e. The summed E-state index contributed by atoms with van der Waals surface area (Å²) >= 11 is 5.86. The van der Waals surface area contributed by atoms with Gasteiger partial charge in [0, 0.05) is 18.1 Å². The summed E-state index contributed by atoms with van der Waals surface area (Å²) in [4.78, 5) is 37.0. The van der Waals surface area contributed by atoms with Gasteiger partial charge in [0.2, 0.25) is 11.7 Å². The maximum absolute atomic E-state index is 12.9. The zero-order valence-corrected chi connectivity index (χ0v) is 14.7. The van der Waals surface area contributed by atoms with Crippen LogP contribution in [0, 0.1) is 0 Å². The number of ether oxygens (including phenoxy) is 1. The van der Waals surface area contributed by atoms with Gasteiger partial charge in [0.25, 0.3) is 0 Å². The molecule has 3 rings (SSSR count). The highest BCUT2D eigenvalue weighted by atomic mass is 35.5. The van der Waals surface area contributed by atoms with Gasteiger partial charge in [-0.15, -0.1) is 11.6 Å². The van der Waals surface area contributed by atoms with Crippen LogP contribution in [0.25, 0.3) is 0 Å². The van der Waals surface area contributed by atoms with Gasteiger partial charge >= 0.3 is 5.97 Å². The fraction of sp³-hybridized carbons (Fsp3) is 0.312. The predicted octanol–water partition coefficient (Wildman–Crippen LogP) is 0.891. The molecule has 1 aromatic rings. The molecule has 9 heteroatoms. The quantitative estimate of drug-likeness (QED) is 0.331. The average molecular weight is 384 g/mol. The Kier molecular flexibility index (Phi) is 4.42. The monoisotopic (exact) mass is 383 g/mol. The van der Waals surface area contributed by atoms with Crippen molar-refractivity contribution >= 4 is 39.1 Å². The molecule has 0 bridgehead atoms. The van der Waals surface area contributed by atoms with Crippen LogP contribution in [0.4, 0.5) is 0 Å². The number of fused-ring (bicyclic) bond motifs is 1. The summed E-state index contributed by atoms with van der Waals surface area (Å²) in [6, 6.07) is 8.14. The zero-order valence-electron chi connectivity index (χ0n) is 13.1. The molecule has 2 heterocycles. The lowest BCUT2D eigenvalue weighted by atomic mass is 10.00. The van der Waals surface area contributed by atoms with E-state index in [-0.39, 0.29) is 17.9 Å². The Bertz CT molecular complexity index is 892. The molecular weight excluding hydrogens is 370 g/mol. The van der Waals surface area contributed by atoms with Crippen molar-refractivity contribution in [1.29, 1.82) is 0 Å². The summed E-state index contributed by atoms with van der Waals surface area (Å²) in [6.07, 6.45) is 0. The first-order valence-corrected chi connectivity index (χ1v) is 9.53. The highest BCUT2D eigenvalue weighted by molar-refractivity contribution is 7.92. The number of amides is 1. The average Bonchev–Trinajstić information content (AvgIpc) is 2.58. The van der Waals surface area contributed by atoms with Gasteiger partial charge in [-0.25, -0.2) is 8.42 Å². The van der Waals surface area contributed by atoms with Gasteiger partial charge < -0.3 is 4.74 Å². The van der Waals surface area contributed by atoms with Gasteiger partial charge in [-0.1, -0.05) is 30.3 Å². The molecule has 1 aromatic carbocycles. The van der Waals surface area contributed by atoms with Gasteiger partial charge in [0.15, 0.2) is 15.2 Å². The smallest absolute Gasteiger partial charge is 0.302 e. The molecule has 1 amide bonds. The van der Waals surface area contributed by atoms with Crippen LogP contribution in [-0.4, -0.2) is 54.1 Å². The molecule has 0 radical (unpaired) electrons. The summed E-state index contributed by atoms with van der Waals surface area (Å²) in [5.41, 5.74) is 0.285. The van der Waals surface area contributed by atoms with Crippen molar-refractivity contribution in [2.45, 2.75) is 17.7 Å². The summed E-state index contributed by atoms with van der Waals surface area (Å²) in [5, 5.41) is -2.50. The van der Waals surface area contributed by atoms with E-state index < -0.39 is 44.0 Å². The largest absolute Gasteiger partial charge is 0.461 e. The van der Waals surface area contributed by atoms with Crippen LogP contribution in [0.3, 0.4) is 0 Å². The van der Waals surface area contributed by atoms with E-state index in [0.29, 0.717) is 5.56 Å². The molecule has 0 N–H and O–H groups in total.